The van der Waals surface area contributed by atoms with Crippen LogP contribution in [0.4, 0.5) is 0 Å². The lowest BCUT2D eigenvalue weighted by molar-refractivity contribution is 0.304. The lowest BCUT2D eigenvalue weighted by Crippen LogP contribution is -2.22. The highest BCUT2D eigenvalue weighted by atomic mass is 79.9. The fourth-order valence-corrected chi connectivity index (χ4v) is 3.21. The van der Waals surface area contributed by atoms with E-state index in [1.165, 1.54) is 9.35 Å². The Balaban J connectivity index is 1.72. The zero-order chi connectivity index (χ0) is 15.1. The van der Waals surface area contributed by atoms with Crippen molar-refractivity contribution in [3.8, 4) is 0 Å². The van der Waals surface area contributed by atoms with Crippen LogP contribution in [0.15, 0.2) is 21.4 Å². The number of rotatable bonds is 9. The van der Waals surface area contributed by atoms with E-state index >= 15 is 0 Å². The second kappa shape index (κ2) is 8.63. The molecule has 0 saturated carbocycles. The van der Waals surface area contributed by atoms with Crippen molar-refractivity contribution in [2.75, 3.05) is 20.1 Å². The van der Waals surface area contributed by atoms with Crippen LogP contribution in [0.5, 0.6) is 0 Å². The second-order valence-corrected chi connectivity index (χ2v) is 7.44. The Morgan fingerprint density at radius 2 is 2.33 bits per heavy atom. The van der Waals surface area contributed by atoms with E-state index in [-0.39, 0.29) is 0 Å². The number of halogens is 1. The summed E-state index contributed by atoms with van der Waals surface area (Å²) in [5.41, 5.74) is 2.35. The average molecular weight is 372 g/mol. The molecule has 0 aliphatic rings. The van der Waals surface area contributed by atoms with E-state index in [1.807, 2.05) is 10.9 Å². The summed E-state index contributed by atoms with van der Waals surface area (Å²) in [5.74, 6) is 0. The van der Waals surface area contributed by atoms with Crippen molar-refractivity contribution in [3.63, 3.8) is 0 Å². The first-order valence-corrected chi connectivity index (χ1v) is 8.86. The Morgan fingerprint density at radius 3 is 3.05 bits per heavy atom. The van der Waals surface area contributed by atoms with Gasteiger partial charge in [0.25, 0.3) is 0 Å². The van der Waals surface area contributed by atoms with Crippen LogP contribution in [-0.2, 0) is 19.6 Å². The van der Waals surface area contributed by atoms with E-state index in [0.29, 0.717) is 0 Å². The quantitative estimate of drug-likeness (QED) is 0.688. The fourth-order valence-electron chi connectivity index (χ4n) is 2.01. The molecule has 2 rings (SSSR count). The first-order valence-electron chi connectivity index (χ1n) is 7.18. The maximum Gasteiger partial charge on any atom is 0.0964 e. The molecule has 0 atom stereocenters. The van der Waals surface area contributed by atoms with Gasteiger partial charge >= 0.3 is 0 Å². The van der Waals surface area contributed by atoms with Crippen molar-refractivity contribution in [2.24, 2.45) is 0 Å². The molecule has 0 fully saturated rings. The zero-order valence-corrected chi connectivity index (χ0v) is 15.0. The van der Waals surface area contributed by atoms with Gasteiger partial charge in [0.2, 0.25) is 0 Å². The van der Waals surface area contributed by atoms with Crippen molar-refractivity contribution in [3.05, 3.63) is 32.7 Å². The Hall–Kier alpha value is -0.760. The first kappa shape index (κ1) is 16.6. The molecule has 5 nitrogen and oxygen atoms in total. The van der Waals surface area contributed by atoms with Crippen LogP contribution < -0.4 is 5.32 Å². The van der Waals surface area contributed by atoms with Gasteiger partial charge in [0.15, 0.2) is 0 Å². The number of thiophene rings is 1. The molecule has 116 valence electrons. The molecule has 2 aromatic heterocycles. The minimum Gasteiger partial charge on any atom is -0.311 e. The lowest BCUT2D eigenvalue weighted by atomic mass is 10.3. The number of likely N-dealkylation sites (N-methyl/N-ethyl adjacent to an activating group) is 1. The van der Waals surface area contributed by atoms with Crippen LogP contribution in [0.3, 0.4) is 0 Å². The molecule has 0 bridgehead atoms. The summed E-state index contributed by atoms with van der Waals surface area (Å²) in [6.45, 7) is 6.76. The van der Waals surface area contributed by atoms with Gasteiger partial charge in [-0.2, -0.15) is 0 Å². The first-order chi connectivity index (χ1) is 10.2. The minimum atomic E-state index is 0.798. The van der Waals surface area contributed by atoms with E-state index in [9.17, 15) is 0 Å². The molecular weight excluding hydrogens is 350 g/mol. The van der Waals surface area contributed by atoms with E-state index in [0.717, 1.165) is 44.8 Å². The normalized spacial score (nSPS) is 11.4. The Labute approximate surface area is 138 Å². The molecule has 0 aromatic carbocycles. The summed E-state index contributed by atoms with van der Waals surface area (Å²) < 4.78 is 3.11. The molecule has 0 aliphatic carbocycles. The van der Waals surface area contributed by atoms with Crippen molar-refractivity contribution in [1.82, 2.24) is 25.2 Å². The van der Waals surface area contributed by atoms with E-state index in [4.69, 9.17) is 0 Å². The van der Waals surface area contributed by atoms with E-state index in [1.54, 1.807) is 11.3 Å². The third-order valence-corrected chi connectivity index (χ3v) is 4.66. The molecule has 0 aliphatic heterocycles. The number of hydrogen-bond acceptors (Lipinski definition) is 5. The van der Waals surface area contributed by atoms with Gasteiger partial charge in [-0.15, -0.1) is 16.4 Å². The molecule has 0 radical (unpaired) electrons. The van der Waals surface area contributed by atoms with Crippen molar-refractivity contribution < 1.29 is 0 Å². The summed E-state index contributed by atoms with van der Waals surface area (Å²) in [6, 6.07) is 2.17. The summed E-state index contributed by atoms with van der Waals surface area (Å²) in [5, 5.41) is 13.9. The maximum atomic E-state index is 4.18. The summed E-state index contributed by atoms with van der Waals surface area (Å²) in [7, 11) is 2.13. The maximum absolute atomic E-state index is 4.18. The molecule has 21 heavy (non-hydrogen) atoms. The predicted molar refractivity (Wildman–Crippen MR) is 90.4 cm³/mol. The van der Waals surface area contributed by atoms with Gasteiger partial charge < -0.3 is 10.2 Å². The van der Waals surface area contributed by atoms with Gasteiger partial charge in [-0.3, -0.25) is 4.68 Å². The standard InChI is InChI=1S/C14H22BrN5S/c1-3-4-16-8-13-10-20(18-17-13)6-5-19(2)9-12-7-14(15)21-11-12/h7,10-11,16H,3-6,8-9H2,1-2H3. The molecular formula is C14H22BrN5S. The third-order valence-electron chi connectivity index (χ3n) is 3.10. The van der Waals surface area contributed by atoms with Crippen LogP contribution in [0.25, 0.3) is 0 Å². The van der Waals surface area contributed by atoms with Crippen LogP contribution in [0.2, 0.25) is 0 Å². The number of aromatic nitrogens is 3. The Morgan fingerprint density at radius 1 is 1.48 bits per heavy atom. The summed E-state index contributed by atoms with van der Waals surface area (Å²) in [6.07, 6.45) is 3.16. The number of nitrogens with one attached hydrogen (secondary N) is 1. The molecule has 0 spiro atoms. The highest BCUT2D eigenvalue weighted by Gasteiger charge is 2.05. The smallest absolute Gasteiger partial charge is 0.0964 e. The molecule has 0 saturated heterocycles. The largest absolute Gasteiger partial charge is 0.311 e. The third kappa shape index (κ3) is 5.86. The SMILES string of the molecule is CCCNCc1cn(CCN(C)Cc2csc(Br)c2)nn1. The predicted octanol–water partition coefficient (Wildman–Crippen LogP) is 2.73. The molecule has 0 amide bonds. The van der Waals surface area contributed by atoms with Crippen molar-refractivity contribution in [2.45, 2.75) is 33.0 Å². The van der Waals surface area contributed by atoms with Crippen LogP contribution in [0, 0.1) is 0 Å². The van der Waals surface area contributed by atoms with Gasteiger partial charge in [-0.05, 0) is 53.0 Å². The lowest BCUT2D eigenvalue weighted by Gasteiger charge is -2.15. The summed E-state index contributed by atoms with van der Waals surface area (Å²) in [4.78, 5) is 2.30. The Bertz CT molecular complexity index is 539. The molecule has 0 unspecified atom stereocenters. The zero-order valence-electron chi connectivity index (χ0n) is 12.5. The monoisotopic (exact) mass is 371 g/mol. The van der Waals surface area contributed by atoms with Gasteiger partial charge in [0.05, 0.1) is 16.0 Å². The number of hydrogen-bond donors (Lipinski definition) is 1. The highest BCUT2D eigenvalue weighted by Crippen LogP contribution is 2.21. The fraction of sp³-hybridized carbons (Fsp3) is 0.571. The van der Waals surface area contributed by atoms with Gasteiger partial charge in [-0.25, -0.2) is 0 Å². The number of nitrogens with zero attached hydrogens (tertiary/aromatic N) is 4. The van der Waals surface area contributed by atoms with Crippen LogP contribution >= 0.6 is 27.3 Å². The average Bonchev–Trinajstić information content (AvgIpc) is 3.06. The van der Waals surface area contributed by atoms with Crippen LogP contribution in [0.1, 0.15) is 24.6 Å². The van der Waals surface area contributed by atoms with E-state index in [2.05, 4.69) is 61.9 Å². The molecule has 7 heteroatoms. The Kier molecular flexibility index (Phi) is 6.82. The summed E-state index contributed by atoms with van der Waals surface area (Å²) >= 11 is 5.23. The second-order valence-electron chi connectivity index (χ2n) is 5.15. The minimum absolute atomic E-state index is 0.798. The van der Waals surface area contributed by atoms with Gasteiger partial charge in [-0.1, -0.05) is 12.1 Å². The van der Waals surface area contributed by atoms with Crippen LogP contribution in [-0.4, -0.2) is 40.0 Å². The van der Waals surface area contributed by atoms with Crippen molar-refractivity contribution >= 4 is 27.3 Å². The van der Waals surface area contributed by atoms with Gasteiger partial charge in [0, 0.05) is 25.8 Å². The molecule has 2 aromatic rings. The van der Waals surface area contributed by atoms with Crippen molar-refractivity contribution in [1.29, 1.82) is 0 Å². The molecule has 2 heterocycles. The van der Waals surface area contributed by atoms with E-state index < -0.39 is 0 Å². The van der Waals surface area contributed by atoms with Gasteiger partial charge in [0.1, 0.15) is 0 Å². The highest BCUT2D eigenvalue weighted by molar-refractivity contribution is 9.11. The molecule has 1 N–H and O–H groups in total. The topological polar surface area (TPSA) is 46.0 Å².